The molecule has 0 saturated heterocycles. The first-order valence-corrected chi connectivity index (χ1v) is 7.14. The molecule has 6 nitrogen and oxygen atoms in total. The Balaban J connectivity index is 2.00. The molecule has 23 heavy (non-hydrogen) atoms. The minimum Gasteiger partial charge on any atom is -0.461 e. The van der Waals surface area contributed by atoms with E-state index < -0.39 is 17.5 Å². The standard InChI is InChI=1S/C16H18FNO5/c1-11(19)21-9-16(10-22-12(2)20)8-15(18-23-16)7-13-3-5-14(17)6-4-13/h3-6H,7-10H2,1-2H3. The second kappa shape index (κ2) is 7.21. The quantitative estimate of drug-likeness (QED) is 0.749. The summed E-state index contributed by atoms with van der Waals surface area (Å²) in [4.78, 5) is 27.5. The van der Waals surface area contributed by atoms with Crippen molar-refractivity contribution in [3.05, 3.63) is 35.6 Å². The summed E-state index contributed by atoms with van der Waals surface area (Å²) in [6.45, 7) is 2.45. The number of esters is 2. The number of rotatable bonds is 6. The van der Waals surface area contributed by atoms with Crippen molar-refractivity contribution in [2.75, 3.05) is 13.2 Å². The lowest BCUT2D eigenvalue weighted by Gasteiger charge is -2.25. The van der Waals surface area contributed by atoms with E-state index in [0.29, 0.717) is 18.6 Å². The van der Waals surface area contributed by atoms with Crippen molar-refractivity contribution in [2.24, 2.45) is 5.16 Å². The van der Waals surface area contributed by atoms with Gasteiger partial charge >= 0.3 is 11.9 Å². The third-order valence-electron chi connectivity index (χ3n) is 3.29. The predicted octanol–water partition coefficient (Wildman–Crippen LogP) is 2.01. The highest BCUT2D eigenvalue weighted by Crippen LogP contribution is 2.27. The third kappa shape index (κ3) is 5.05. The summed E-state index contributed by atoms with van der Waals surface area (Å²) in [5, 5.41) is 4.00. The molecule has 0 bridgehead atoms. The molecular weight excluding hydrogens is 305 g/mol. The number of oxime groups is 1. The van der Waals surface area contributed by atoms with E-state index in [1.54, 1.807) is 12.1 Å². The Labute approximate surface area is 133 Å². The molecule has 0 aliphatic carbocycles. The first-order valence-electron chi connectivity index (χ1n) is 7.14. The summed E-state index contributed by atoms with van der Waals surface area (Å²) < 4.78 is 22.9. The van der Waals surface area contributed by atoms with Crippen molar-refractivity contribution >= 4 is 17.7 Å². The molecule has 0 amide bonds. The molecule has 0 spiro atoms. The van der Waals surface area contributed by atoms with E-state index in [0.717, 1.165) is 5.56 Å². The van der Waals surface area contributed by atoms with E-state index in [1.165, 1.54) is 26.0 Å². The van der Waals surface area contributed by atoms with Crippen molar-refractivity contribution in [3.63, 3.8) is 0 Å². The highest BCUT2D eigenvalue weighted by Gasteiger charge is 2.42. The van der Waals surface area contributed by atoms with Crippen LogP contribution in [0.4, 0.5) is 4.39 Å². The first-order chi connectivity index (χ1) is 10.9. The summed E-state index contributed by atoms with van der Waals surface area (Å²) in [6.07, 6.45) is 0.826. The molecule has 0 saturated carbocycles. The maximum Gasteiger partial charge on any atom is 0.302 e. The smallest absolute Gasteiger partial charge is 0.302 e. The maximum atomic E-state index is 12.9. The largest absolute Gasteiger partial charge is 0.461 e. The Morgan fingerprint density at radius 2 is 1.74 bits per heavy atom. The van der Waals surface area contributed by atoms with Crippen LogP contribution in [0.15, 0.2) is 29.4 Å². The topological polar surface area (TPSA) is 74.2 Å². The lowest BCUT2D eigenvalue weighted by molar-refractivity contribution is -0.164. The summed E-state index contributed by atoms with van der Waals surface area (Å²) in [5.74, 6) is -1.22. The second-order valence-electron chi connectivity index (χ2n) is 5.47. The van der Waals surface area contributed by atoms with E-state index in [9.17, 15) is 14.0 Å². The lowest BCUT2D eigenvalue weighted by atomic mass is 9.95. The van der Waals surface area contributed by atoms with Gasteiger partial charge in [-0.2, -0.15) is 0 Å². The molecule has 124 valence electrons. The van der Waals surface area contributed by atoms with Gasteiger partial charge in [-0.15, -0.1) is 0 Å². The summed E-state index contributed by atoms with van der Waals surface area (Å²) in [6, 6.07) is 6.07. The SMILES string of the molecule is CC(=O)OCC1(COC(C)=O)CC(Cc2ccc(F)cc2)=NO1. The van der Waals surface area contributed by atoms with E-state index in [4.69, 9.17) is 14.3 Å². The normalized spacial score (nSPS) is 15.5. The fourth-order valence-corrected chi connectivity index (χ4v) is 2.19. The zero-order valence-corrected chi connectivity index (χ0v) is 13.0. The van der Waals surface area contributed by atoms with Crippen LogP contribution in [0.3, 0.4) is 0 Å². The molecule has 0 radical (unpaired) electrons. The van der Waals surface area contributed by atoms with E-state index in [2.05, 4.69) is 5.16 Å². The number of nitrogens with zero attached hydrogens (tertiary/aromatic N) is 1. The molecule has 1 aromatic carbocycles. The second-order valence-corrected chi connectivity index (χ2v) is 5.47. The zero-order valence-electron chi connectivity index (χ0n) is 13.0. The first kappa shape index (κ1) is 16.9. The Kier molecular flexibility index (Phi) is 5.31. The van der Waals surface area contributed by atoms with Gasteiger partial charge < -0.3 is 14.3 Å². The van der Waals surface area contributed by atoms with Gasteiger partial charge in [0.25, 0.3) is 0 Å². The van der Waals surface area contributed by atoms with Crippen LogP contribution in [0, 0.1) is 5.82 Å². The van der Waals surface area contributed by atoms with Gasteiger partial charge in [0, 0.05) is 26.7 Å². The number of hydrogen-bond donors (Lipinski definition) is 0. The van der Waals surface area contributed by atoms with E-state index in [1.807, 2.05) is 0 Å². The van der Waals surface area contributed by atoms with Crippen molar-refractivity contribution in [1.29, 1.82) is 0 Å². The monoisotopic (exact) mass is 323 g/mol. The van der Waals surface area contributed by atoms with Crippen LogP contribution in [-0.4, -0.2) is 36.5 Å². The van der Waals surface area contributed by atoms with Gasteiger partial charge in [-0.05, 0) is 17.7 Å². The van der Waals surface area contributed by atoms with Gasteiger partial charge in [0.05, 0.1) is 5.71 Å². The van der Waals surface area contributed by atoms with Gasteiger partial charge in [0.15, 0.2) is 0 Å². The van der Waals surface area contributed by atoms with Crippen molar-refractivity contribution < 1.29 is 28.3 Å². The number of carbonyl (C=O) groups is 2. The molecule has 0 fully saturated rings. The van der Waals surface area contributed by atoms with Gasteiger partial charge in [-0.3, -0.25) is 9.59 Å². The third-order valence-corrected chi connectivity index (χ3v) is 3.29. The lowest BCUT2D eigenvalue weighted by Crippen LogP contribution is -2.41. The van der Waals surface area contributed by atoms with E-state index in [-0.39, 0.29) is 19.0 Å². The van der Waals surface area contributed by atoms with E-state index >= 15 is 0 Å². The molecule has 0 N–H and O–H groups in total. The van der Waals surface area contributed by atoms with Crippen LogP contribution < -0.4 is 0 Å². The summed E-state index contributed by atoms with van der Waals surface area (Å²) >= 11 is 0. The van der Waals surface area contributed by atoms with Crippen LogP contribution in [-0.2, 0) is 30.3 Å². The number of hydrogen-bond acceptors (Lipinski definition) is 6. The molecule has 0 atom stereocenters. The highest BCUT2D eigenvalue weighted by atomic mass is 19.1. The number of benzene rings is 1. The molecule has 0 aromatic heterocycles. The maximum absolute atomic E-state index is 12.9. The Morgan fingerprint density at radius 3 is 2.26 bits per heavy atom. The molecule has 0 unspecified atom stereocenters. The summed E-state index contributed by atoms with van der Waals surface area (Å²) in [5.41, 5.74) is 0.576. The fraction of sp³-hybridized carbons (Fsp3) is 0.438. The molecule has 2 rings (SSSR count). The van der Waals surface area contributed by atoms with Crippen LogP contribution in [0.1, 0.15) is 25.8 Å². The number of ether oxygens (including phenoxy) is 2. The van der Waals surface area contributed by atoms with Crippen LogP contribution >= 0.6 is 0 Å². The Hall–Kier alpha value is -2.44. The number of carbonyl (C=O) groups excluding carboxylic acids is 2. The van der Waals surface area contributed by atoms with Crippen LogP contribution in [0.25, 0.3) is 0 Å². The average Bonchev–Trinajstić information content (AvgIpc) is 2.89. The minimum absolute atomic E-state index is 0.0635. The van der Waals surface area contributed by atoms with Gasteiger partial charge in [-0.25, -0.2) is 4.39 Å². The average molecular weight is 323 g/mol. The van der Waals surface area contributed by atoms with Crippen molar-refractivity contribution in [1.82, 2.24) is 0 Å². The zero-order chi connectivity index (χ0) is 16.9. The van der Waals surface area contributed by atoms with Gasteiger partial charge in [0.1, 0.15) is 19.0 Å². The van der Waals surface area contributed by atoms with Crippen LogP contribution in [0.5, 0.6) is 0 Å². The minimum atomic E-state index is -1.01. The fourth-order valence-electron chi connectivity index (χ4n) is 2.19. The molecule has 1 heterocycles. The predicted molar refractivity (Wildman–Crippen MR) is 79.2 cm³/mol. The summed E-state index contributed by atoms with van der Waals surface area (Å²) in [7, 11) is 0. The molecule has 1 aromatic rings. The molecule has 1 aliphatic heterocycles. The molecule has 1 aliphatic rings. The van der Waals surface area contributed by atoms with Gasteiger partial charge in [0.2, 0.25) is 5.60 Å². The number of halogens is 1. The van der Waals surface area contributed by atoms with Crippen molar-refractivity contribution in [3.8, 4) is 0 Å². The molecular formula is C16H18FNO5. The van der Waals surface area contributed by atoms with Crippen molar-refractivity contribution in [2.45, 2.75) is 32.3 Å². The Morgan fingerprint density at radius 1 is 1.17 bits per heavy atom. The molecule has 7 heteroatoms. The Bertz CT molecular complexity index is 593. The van der Waals surface area contributed by atoms with Gasteiger partial charge in [-0.1, -0.05) is 17.3 Å². The van der Waals surface area contributed by atoms with Crippen LogP contribution in [0.2, 0.25) is 0 Å². The highest BCUT2D eigenvalue weighted by molar-refractivity contribution is 5.88.